The number of ether oxygens (including phenoxy) is 8. The van der Waals surface area contributed by atoms with Crippen LogP contribution in [0.3, 0.4) is 0 Å². The number of aromatic nitrogens is 3. The fourth-order valence-corrected chi connectivity index (χ4v) is 4.11. The zero-order valence-corrected chi connectivity index (χ0v) is 31.8. The summed E-state index contributed by atoms with van der Waals surface area (Å²) >= 11 is 0. The number of nitrogens with zero attached hydrogens (tertiary/aromatic N) is 17. The number of hydrogen-bond acceptors (Lipinski definition) is 19. The van der Waals surface area contributed by atoms with Gasteiger partial charge in [-0.15, -0.1) is 0 Å². The van der Waals surface area contributed by atoms with E-state index in [0.29, 0.717) is 163 Å². The Balaban J connectivity index is 3.08. The summed E-state index contributed by atoms with van der Waals surface area (Å²) in [7, 11) is 0. The van der Waals surface area contributed by atoms with Crippen LogP contribution in [0.15, 0.2) is 20.5 Å². The van der Waals surface area contributed by atoms with E-state index >= 15 is 0 Å². The molecule has 1 rings (SSSR count). The summed E-state index contributed by atoms with van der Waals surface area (Å²) in [5.41, 5.74) is 39.4. The van der Waals surface area contributed by atoms with Crippen LogP contribution < -0.4 is 20.9 Å². The highest BCUT2D eigenvalue weighted by Crippen LogP contribution is 2.17. The van der Waals surface area contributed by atoms with Crippen molar-refractivity contribution in [1.29, 1.82) is 0 Å². The summed E-state index contributed by atoms with van der Waals surface area (Å²) in [6.45, 7) is 8.38. The predicted octanol–water partition coefficient (Wildman–Crippen LogP) is 2.23. The molecule has 0 bridgehead atoms. The van der Waals surface area contributed by atoms with Crippen molar-refractivity contribution >= 4 is 17.8 Å². The molecule has 56 heavy (non-hydrogen) atoms. The molecule has 1 aromatic heterocycles. The van der Waals surface area contributed by atoms with Gasteiger partial charge in [-0.1, -0.05) is 20.5 Å². The van der Waals surface area contributed by atoms with E-state index in [4.69, 9.17) is 70.7 Å². The molecule has 0 atom stereocenters. The maximum absolute atomic E-state index is 8.40. The van der Waals surface area contributed by atoms with Crippen LogP contribution in [0, 0.1) is 0 Å². The van der Waals surface area contributed by atoms with Crippen molar-refractivity contribution < 1.29 is 37.9 Å². The van der Waals surface area contributed by atoms with Crippen molar-refractivity contribution in [2.75, 3.05) is 186 Å². The van der Waals surface area contributed by atoms with Gasteiger partial charge in [0.05, 0.1) is 106 Å². The molecule has 0 unspecified atom stereocenters. The smallest absolute Gasteiger partial charge is 0.232 e. The van der Waals surface area contributed by atoms with Crippen LogP contribution in [-0.2, 0) is 37.9 Å². The summed E-state index contributed by atoms with van der Waals surface area (Å²) in [6.07, 6.45) is 0. The van der Waals surface area contributed by atoms with Gasteiger partial charge >= 0.3 is 0 Å². The van der Waals surface area contributed by atoms with E-state index in [1.807, 2.05) is 9.80 Å². The Kier molecular flexibility index (Phi) is 34.0. The van der Waals surface area contributed by atoms with Crippen molar-refractivity contribution in [3.05, 3.63) is 41.8 Å². The lowest BCUT2D eigenvalue weighted by molar-refractivity contribution is 0.0482. The molecule has 1 heterocycles. The second-order valence-corrected chi connectivity index (χ2v) is 10.7. The first-order chi connectivity index (χ1) is 27.7. The summed E-state index contributed by atoms with van der Waals surface area (Å²) < 4.78 is 44.9. The fourth-order valence-electron chi connectivity index (χ4n) is 4.11. The van der Waals surface area contributed by atoms with Crippen LogP contribution in [-0.4, -0.2) is 186 Å². The number of nitrogens with one attached hydrogen (secondary N) is 1. The van der Waals surface area contributed by atoms with Crippen LogP contribution in [0.5, 0.6) is 0 Å². The molecule has 0 amide bonds. The van der Waals surface area contributed by atoms with E-state index in [-0.39, 0.29) is 26.2 Å². The maximum Gasteiger partial charge on any atom is 0.232 e. The first kappa shape index (κ1) is 49.3. The summed E-state index contributed by atoms with van der Waals surface area (Å²) in [5, 5.41) is 16.9. The van der Waals surface area contributed by atoms with Crippen LogP contribution >= 0.6 is 0 Å². The molecule has 0 saturated heterocycles. The topological polar surface area (TPSA) is 352 Å². The molecule has 0 aromatic carbocycles. The number of azide groups is 4. The van der Waals surface area contributed by atoms with Gasteiger partial charge < -0.3 is 58.7 Å². The standard InChI is InChI=1S/C29H55N19O8/c30-1-2-35-27-40-28(47(7-15-53-23-19-49-11-3-36-43-31)8-16-54-24-20-50-12-4-37-44-32)42-29(41-27)48(9-17-55-25-21-51-13-5-38-45-33)10-18-56-26-22-52-14-6-39-46-34/h1-26,30H2,(H,35,40,41,42). The predicted molar refractivity (Wildman–Crippen MR) is 204 cm³/mol. The van der Waals surface area contributed by atoms with Gasteiger partial charge in [-0.25, -0.2) is 0 Å². The molecule has 1 aromatic rings. The van der Waals surface area contributed by atoms with Crippen LogP contribution in [0.2, 0.25) is 0 Å². The minimum Gasteiger partial charge on any atom is -0.379 e. The second kappa shape index (κ2) is 38.6. The Morgan fingerprint density at radius 2 is 0.732 bits per heavy atom. The molecule has 0 aliphatic rings. The van der Waals surface area contributed by atoms with Gasteiger partial charge in [0.2, 0.25) is 17.8 Å². The minimum atomic E-state index is 0.240. The molecule has 0 radical (unpaired) electrons. The molecule has 3 N–H and O–H groups in total. The molecule has 27 nitrogen and oxygen atoms in total. The zero-order valence-electron chi connectivity index (χ0n) is 31.8. The molecule has 0 saturated carbocycles. The maximum atomic E-state index is 8.40. The highest BCUT2D eigenvalue weighted by atomic mass is 16.5. The SMILES string of the molecule is [N-]=[N+]=NCCOCCOCCN(CCOCCOCCN=[N+]=[N-])c1nc(NCCN)nc(N(CCOCCOCCN=[N+]=[N-])CCOCCOCCN=[N+]=[N-])n1. The Labute approximate surface area is 324 Å². The van der Waals surface area contributed by atoms with Gasteiger partial charge in [-0.05, 0) is 22.1 Å². The van der Waals surface area contributed by atoms with E-state index in [0.717, 1.165) is 0 Å². The molecule has 27 heteroatoms. The van der Waals surface area contributed by atoms with E-state index in [1.165, 1.54) is 0 Å². The quantitative estimate of drug-likeness (QED) is 0.0415. The van der Waals surface area contributed by atoms with Gasteiger partial charge in [0.15, 0.2) is 0 Å². The van der Waals surface area contributed by atoms with Crippen molar-refractivity contribution in [3.8, 4) is 0 Å². The van der Waals surface area contributed by atoms with Crippen molar-refractivity contribution in [1.82, 2.24) is 15.0 Å². The van der Waals surface area contributed by atoms with Crippen molar-refractivity contribution in [3.63, 3.8) is 0 Å². The Bertz CT molecular complexity index is 1160. The largest absolute Gasteiger partial charge is 0.379 e. The van der Waals surface area contributed by atoms with E-state index in [2.05, 4.69) is 55.4 Å². The third-order valence-corrected chi connectivity index (χ3v) is 6.71. The third kappa shape index (κ3) is 28.7. The van der Waals surface area contributed by atoms with E-state index in [1.54, 1.807) is 0 Å². The molecule has 0 aliphatic carbocycles. The second-order valence-electron chi connectivity index (χ2n) is 10.7. The van der Waals surface area contributed by atoms with E-state index in [9.17, 15) is 0 Å². The lowest BCUT2D eigenvalue weighted by Gasteiger charge is -2.27. The molecule has 0 fully saturated rings. The van der Waals surface area contributed by atoms with Gasteiger partial charge in [-0.2, -0.15) is 15.0 Å². The normalized spacial score (nSPS) is 10.5. The Morgan fingerprint density at radius 1 is 0.446 bits per heavy atom. The van der Waals surface area contributed by atoms with Gasteiger partial charge in [0, 0.05) is 85.1 Å². The average Bonchev–Trinajstić information content (AvgIpc) is 3.21. The van der Waals surface area contributed by atoms with Crippen molar-refractivity contribution in [2.24, 2.45) is 26.2 Å². The van der Waals surface area contributed by atoms with Gasteiger partial charge in [0.1, 0.15) is 0 Å². The third-order valence-electron chi connectivity index (χ3n) is 6.71. The van der Waals surface area contributed by atoms with Gasteiger partial charge in [-0.3, -0.25) is 0 Å². The Morgan fingerprint density at radius 3 is 1.00 bits per heavy atom. The highest BCUT2D eigenvalue weighted by Gasteiger charge is 2.18. The summed E-state index contributed by atoms with van der Waals surface area (Å²) in [6, 6.07) is 0. The van der Waals surface area contributed by atoms with Crippen LogP contribution in [0.1, 0.15) is 0 Å². The summed E-state index contributed by atoms with van der Waals surface area (Å²) in [4.78, 5) is 28.8. The van der Waals surface area contributed by atoms with Gasteiger partial charge in [0.25, 0.3) is 0 Å². The van der Waals surface area contributed by atoms with Crippen LogP contribution in [0.25, 0.3) is 41.8 Å². The molecule has 0 spiro atoms. The summed E-state index contributed by atoms with van der Waals surface area (Å²) in [5.74, 6) is 1.05. The lowest BCUT2D eigenvalue weighted by atomic mass is 10.4. The fraction of sp³-hybridized carbons (Fsp3) is 0.897. The van der Waals surface area contributed by atoms with E-state index < -0.39 is 0 Å². The number of rotatable bonds is 41. The first-order valence-corrected chi connectivity index (χ1v) is 18.0. The number of hydrogen-bond donors (Lipinski definition) is 2. The highest BCUT2D eigenvalue weighted by molar-refractivity contribution is 5.45. The zero-order chi connectivity index (χ0) is 40.4. The molecule has 314 valence electrons. The lowest BCUT2D eigenvalue weighted by Crippen LogP contribution is -2.36. The average molecular weight is 798 g/mol. The molecule has 0 aliphatic heterocycles. The minimum absolute atomic E-state index is 0.240. The molecular weight excluding hydrogens is 742 g/mol. The van der Waals surface area contributed by atoms with Crippen molar-refractivity contribution in [2.45, 2.75) is 0 Å². The number of anilines is 3. The number of nitrogens with two attached hydrogens (primary N) is 1. The van der Waals surface area contributed by atoms with Crippen LogP contribution in [0.4, 0.5) is 17.8 Å². The monoisotopic (exact) mass is 797 g/mol. The molecular formula is C29H55N19O8. The Hall–Kier alpha value is -4.71. The first-order valence-electron chi connectivity index (χ1n) is 18.0.